The number of rotatable bonds is 9. The van der Waals surface area contributed by atoms with Crippen LogP contribution in [-0.2, 0) is 14.6 Å². The minimum absolute atomic E-state index is 0.0399. The van der Waals surface area contributed by atoms with Crippen molar-refractivity contribution in [3.05, 3.63) is 58.4 Å². The van der Waals surface area contributed by atoms with Crippen LogP contribution in [0.2, 0.25) is 5.02 Å². The summed E-state index contributed by atoms with van der Waals surface area (Å²) in [5, 5.41) is 24.7. The standard InChI is InChI=1S/C27H30ClF3N2O6S/c1-14(34)13-32-24(35)12-27(37)16-3-4-17(27)10-19(9-16)40(38,39)23-8-15(2-6-21(23)28)26(36)33-18-5-7-22(29)20(11-18)25(30)31/h2,5-8,11,14,16-17,19,25,34,37H,3-4,9-10,12-13H2,1H3,(H,32,35)(H,33,36)/t14-,16+,17?,19+,27+/m1/s1. The molecule has 4 rings (SSSR count). The van der Waals surface area contributed by atoms with E-state index in [1.54, 1.807) is 0 Å². The Morgan fingerprint density at radius 2 is 1.77 bits per heavy atom. The highest BCUT2D eigenvalue weighted by Gasteiger charge is 2.56. The summed E-state index contributed by atoms with van der Waals surface area (Å²) in [6.45, 7) is 1.56. The van der Waals surface area contributed by atoms with Gasteiger partial charge in [-0.2, -0.15) is 0 Å². The van der Waals surface area contributed by atoms with E-state index in [9.17, 15) is 41.4 Å². The number of hydrogen-bond acceptors (Lipinski definition) is 6. The lowest BCUT2D eigenvalue weighted by Crippen LogP contribution is -2.51. The highest BCUT2D eigenvalue weighted by atomic mass is 35.5. The fraction of sp³-hybridized carbons (Fsp3) is 0.481. The van der Waals surface area contributed by atoms with Crippen LogP contribution in [0.5, 0.6) is 0 Å². The zero-order valence-electron chi connectivity index (χ0n) is 21.5. The topological polar surface area (TPSA) is 133 Å². The van der Waals surface area contributed by atoms with Crippen LogP contribution in [0.25, 0.3) is 0 Å². The molecule has 8 nitrogen and oxygen atoms in total. The molecule has 1 unspecified atom stereocenters. The van der Waals surface area contributed by atoms with Crippen LogP contribution in [0.4, 0.5) is 18.9 Å². The maximum Gasteiger partial charge on any atom is 0.266 e. The van der Waals surface area contributed by atoms with Crippen molar-refractivity contribution in [2.24, 2.45) is 11.8 Å². The number of carbonyl (C=O) groups is 2. The molecule has 5 atom stereocenters. The zero-order chi connectivity index (χ0) is 29.4. The average molecular weight is 603 g/mol. The monoisotopic (exact) mass is 602 g/mol. The molecule has 0 spiro atoms. The van der Waals surface area contributed by atoms with Gasteiger partial charge in [0.15, 0.2) is 9.84 Å². The number of anilines is 1. The quantitative estimate of drug-likeness (QED) is 0.339. The molecule has 2 saturated carbocycles. The third kappa shape index (κ3) is 6.14. The van der Waals surface area contributed by atoms with E-state index in [0.29, 0.717) is 12.8 Å². The number of aliphatic hydroxyl groups excluding tert-OH is 1. The van der Waals surface area contributed by atoms with Crippen LogP contribution in [0.15, 0.2) is 41.3 Å². The van der Waals surface area contributed by atoms with Crippen molar-refractivity contribution in [2.45, 2.75) is 67.3 Å². The fourth-order valence-electron chi connectivity index (χ4n) is 5.77. The van der Waals surface area contributed by atoms with Crippen molar-refractivity contribution in [1.29, 1.82) is 0 Å². The largest absolute Gasteiger partial charge is 0.392 e. The molecule has 0 aliphatic heterocycles. The Morgan fingerprint density at radius 3 is 2.38 bits per heavy atom. The predicted molar refractivity (Wildman–Crippen MR) is 141 cm³/mol. The van der Waals surface area contributed by atoms with Gasteiger partial charge in [0.25, 0.3) is 12.3 Å². The van der Waals surface area contributed by atoms with Crippen molar-refractivity contribution >= 4 is 38.9 Å². The van der Waals surface area contributed by atoms with Gasteiger partial charge in [0, 0.05) is 17.8 Å². The number of fused-ring (bicyclic) bond motifs is 2. The molecule has 2 fully saturated rings. The number of carbonyl (C=O) groups excluding carboxylic acids is 2. The van der Waals surface area contributed by atoms with E-state index in [1.807, 2.05) is 0 Å². The Kier molecular flexibility index (Phi) is 8.84. The smallest absolute Gasteiger partial charge is 0.266 e. The second kappa shape index (κ2) is 11.7. The number of benzene rings is 2. The fourth-order valence-corrected chi connectivity index (χ4v) is 8.17. The van der Waals surface area contributed by atoms with Gasteiger partial charge < -0.3 is 20.8 Å². The Morgan fingerprint density at radius 1 is 1.12 bits per heavy atom. The molecule has 13 heteroatoms. The van der Waals surface area contributed by atoms with Crippen LogP contribution in [-0.4, -0.2) is 53.9 Å². The summed E-state index contributed by atoms with van der Waals surface area (Å²) in [5.41, 5.74) is -2.45. The van der Waals surface area contributed by atoms with Gasteiger partial charge in [0.1, 0.15) is 5.82 Å². The van der Waals surface area contributed by atoms with Crippen LogP contribution in [0.1, 0.15) is 61.4 Å². The number of nitrogens with one attached hydrogen (secondary N) is 2. The molecule has 0 radical (unpaired) electrons. The highest BCUT2D eigenvalue weighted by molar-refractivity contribution is 7.92. The number of sulfone groups is 1. The van der Waals surface area contributed by atoms with Crippen LogP contribution in [0.3, 0.4) is 0 Å². The van der Waals surface area contributed by atoms with E-state index in [4.69, 9.17) is 11.6 Å². The molecule has 2 bridgehead atoms. The first-order valence-corrected chi connectivity index (χ1v) is 14.7. The van der Waals surface area contributed by atoms with E-state index in [0.717, 1.165) is 24.3 Å². The molecule has 4 N–H and O–H groups in total. The average Bonchev–Trinajstić information content (AvgIpc) is 3.04. The summed E-state index contributed by atoms with van der Waals surface area (Å²) in [7, 11) is -4.08. The van der Waals surface area contributed by atoms with E-state index < -0.39 is 68.2 Å². The first-order chi connectivity index (χ1) is 18.7. The zero-order valence-corrected chi connectivity index (χ0v) is 23.1. The van der Waals surface area contributed by atoms with Gasteiger partial charge in [-0.15, -0.1) is 0 Å². The van der Waals surface area contributed by atoms with Crippen molar-refractivity contribution in [1.82, 2.24) is 5.32 Å². The van der Waals surface area contributed by atoms with Gasteiger partial charge in [-0.05, 0) is 80.8 Å². The summed E-state index contributed by atoms with van der Waals surface area (Å²) < 4.78 is 67.1. The molecule has 0 aromatic heterocycles. The van der Waals surface area contributed by atoms with Gasteiger partial charge in [-0.3, -0.25) is 9.59 Å². The first kappa shape index (κ1) is 30.3. The van der Waals surface area contributed by atoms with Gasteiger partial charge in [0.05, 0.1) is 38.9 Å². The van der Waals surface area contributed by atoms with Gasteiger partial charge in [-0.25, -0.2) is 21.6 Å². The first-order valence-electron chi connectivity index (χ1n) is 12.8. The van der Waals surface area contributed by atoms with Gasteiger partial charge in [0.2, 0.25) is 5.91 Å². The highest BCUT2D eigenvalue weighted by Crippen LogP contribution is 2.53. The summed E-state index contributed by atoms with van der Waals surface area (Å²) in [5.74, 6) is -3.25. The molecule has 40 heavy (non-hydrogen) atoms. The number of amides is 2. The lowest BCUT2D eigenvalue weighted by Gasteiger charge is -2.42. The van der Waals surface area contributed by atoms with Crippen LogP contribution >= 0.6 is 11.6 Å². The molecule has 2 amide bonds. The maximum atomic E-state index is 13.7. The van der Waals surface area contributed by atoms with Gasteiger partial charge >= 0.3 is 0 Å². The van der Waals surface area contributed by atoms with Crippen molar-refractivity contribution in [3.63, 3.8) is 0 Å². The lowest BCUT2D eigenvalue weighted by molar-refractivity contribution is -0.133. The normalized spacial score (nSPS) is 25.1. The van der Waals surface area contributed by atoms with Gasteiger partial charge in [-0.1, -0.05) is 11.6 Å². The molecular weight excluding hydrogens is 573 g/mol. The van der Waals surface area contributed by atoms with Crippen molar-refractivity contribution in [3.8, 4) is 0 Å². The molecule has 0 heterocycles. The number of alkyl halides is 2. The van der Waals surface area contributed by atoms with E-state index in [1.165, 1.54) is 19.1 Å². The Labute approximate surface area is 234 Å². The Balaban J connectivity index is 1.52. The van der Waals surface area contributed by atoms with E-state index in [2.05, 4.69) is 10.6 Å². The molecule has 2 aliphatic rings. The molecule has 2 aromatic rings. The molecular formula is C27H30ClF3N2O6S. The Bertz CT molecular complexity index is 1390. The SMILES string of the molecule is C[C@@H](O)CNC(=O)C[C@@]1(O)C2CC[C@H]1C[C@H](S(=O)(=O)c1cc(C(=O)Nc3ccc(F)c(C(F)F)c3)ccc1Cl)C2. The Hall–Kier alpha value is -2.67. The third-order valence-electron chi connectivity index (χ3n) is 7.84. The summed E-state index contributed by atoms with van der Waals surface area (Å²) >= 11 is 6.25. The third-order valence-corrected chi connectivity index (χ3v) is 10.5. The second-order valence-corrected chi connectivity index (χ2v) is 13.2. The minimum Gasteiger partial charge on any atom is -0.392 e. The summed E-state index contributed by atoms with van der Waals surface area (Å²) in [4.78, 5) is 24.9. The van der Waals surface area contributed by atoms with Crippen LogP contribution < -0.4 is 10.6 Å². The van der Waals surface area contributed by atoms with E-state index >= 15 is 0 Å². The maximum absolute atomic E-state index is 13.7. The van der Waals surface area contributed by atoms with Crippen molar-refractivity contribution in [2.75, 3.05) is 11.9 Å². The van der Waals surface area contributed by atoms with Crippen LogP contribution in [0, 0.1) is 17.7 Å². The minimum atomic E-state index is -4.08. The number of halogens is 4. The van der Waals surface area contributed by atoms with Crippen molar-refractivity contribution < 1.29 is 41.4 Å². The predicted octanol–water partition coefficient (Wildman–Crippen LogP) is 4.25. The molecule has 2 aliphatic carbocycles. The summed E-state index contributed by atoms with van der Waals surface area (Å²) in [6.07, 6.45) is -2.75. The molecule has 218 valence electrons. The summed E-state index contributed by atoms with van der Waals surface area (Å²) in [6, 6.07) is 6.34. The molecule has 0 saturated heterocycles. The second-order valence-electron chi connectivity index (χ2n) is 10.6. The van der Waals surface area contributed by atoms with E-state index in [-0.39, 0.29) is 47.0 Å². The number of hydrogen-bond donors (Lipinski definition) is 4. The molecule has 2 aromatic carbocycles. The number of aliphatic hydroxyl groups is 2. The lowest BCUT2D eigenvalue weighted by atomic mass is 9.72.